The molecule has 4 N–H and O–H groups in total. The number of hydrogen-bond donors (Lipinski definition) is 3. The molecule has 0 spiro atoms. The monoisotopic (exact) mass is 353 g/mol. The van der Waals surface area contributed by atoms with Gasteiger partial charge in [-0.1, -0.05) is 11.8 Å². The lowest BCUT2D eigenvalue weighted by Crippen LogP contribution is -2.45. The van der Waals surface area contributed by atoms with Crippen LogP contribution in [0.15, 0.2) is 24.3 Å². The van der Waals surface area contributed by atoms with E-state index in [0.717, 1.165) is 9.13 Å². The van der Waals surface area contributed by atoms with Gasteiger partial charge in [0.05, 0.1) is 13.2 Å². The standard InChI is InChI=1S/C11H12INO2.ClH/c12-10-3-1-9(2-4-10)5-6-11(13,7-14)8-15;/h1-4,14-15H,7-8,13H2;1H. The van der Waals surface area contributed by atoms with E-state index in [1.54, 1.807) is 0 Å². The second kappa shape index (κ2) is 7.09. The Hall–Kier alpha value is -0.320. The molecule has 0 aliphatic rings. The zero-order chi connectivity index (χ0) is 11.3. The van der Waals surface area contributed by atoms with E-state index < -0.39 is 5.54 Å². The summed E-state index contributed by atoms with van der Waals surface area (Å²) in [6.07, 6.45) is 0. The maximum Gasteiger partial charge on any atom is 0.125 e. The maximum atomic E-state index is 8.92. The first-order chi connectivity index (χ1) is 7.09. The third-order valence-corrected chi connectivity index (χ3v) is 2.58. The topological polar surface area (TPSA) is 66.5 Å². The molecule has 3 nitrogen and oxygen atoms in total. The number of benzene rings is 1. The molecular weight excluding hydrogens is 340 g/mol. The quantitative estimate of drug-likeness (QED) is 0.543. The predicted molar refractivity (Wildman–Crippen MR) is 74.4 cm³/mol. The number of aliphatic hydroxyl groups excluding tert-OH is 2. The minimum Gasteiger partial charge on any atom is -0.393 e. The largest absolute Gasteiger partial charge is 0.393 e. The summed E-state index contributed by atoms with van der Waals surface area (Å²) in [5.74, 6) is 5.47. The molecule has 0 saturated heterocycles. The molecule has 0 aliphatic heterocycles. The molecule has 0 bridgehead atoms. The average Bonchev–Trinajstić information content (AvgIpc) is 2.28. The Bertz CT molecular complexity index is 379. The van der Waals surface area contributed by atoms with Crippen LogP contribution in [0.5, 0.6) is 0 Å². The zero-order valence-electron chi connectivity index (χ0n) is 8.48. The third kappa shape index (κ3) is 4.68. The van der Waals surface area contributed by atoms with Gasteiger partial charge in [-0.15, -0.1) is 12.4 Å². The van der Waals surface area contributed by atoms with Crippen LogP contribution in [0.3, 0.4) is 0 Å². The van der Waals surface area contributed by atoms with Crippen molar-refractivity contribution in [3.05, 3.63) is 33.4 Å². The molecule has 5 heteroatoms. The molecule has 1 aromatic carbocycles. The molecule has 1 aromatic rings. The predicted octanol–water partition coefficient (Wildman–Crippen LogP) is 0.747. The number of rotatable bonds is 2. The van der Waals surface area contributed by atoms with Crippen LogP contribution in [0.25, 0.3) is 0 Å². The Morgan fingerprint density at radius 2 is 1.69 bits per heavy atom. The van der Waals surface area contributed by atoms with Gasteiger partial charge >= 0.3 is 0 Å². The summed E-state index contributed by atoms with van der Waals surface area (Å²) in [6, 6.07) is 7.59. The van der Waals surface area contributed by atoms with Crippen molar-refractivity contribution < 1.29 is 10.2 Å². The molecule has 88 valence electrons. The molecule has 0 heterocycles. The van der Waals surface area contributed by atoms with E-state index in [-0.39, 0.29) is 25.6 Å². The molecule has 1 rings (SSSR count). The Morgan fingerprint density at radius 1 is 1.19 bits per heavy atom. The highest BCUT2D eigenvalue weighted by atomic mass is 127. The van der Waals surface area contributed by atoms with Gasteiger partial charge in [-0.2, -0.15) is 0 Å². The number of halogens is 2. The molecular formula is C11H13ClINO2. The van der Waals surface area contributed by atoms with Crippen LogP contribution in [-0.4, -0.2) is 29.0 Å². The van der Waals surface area contributed by atoms with Gasteiger partial charge in [0.15, 0.2) is 0 Å². The Labute approximate surface area is 115 Å². The second-order valence-corrected chi connectivity index (χ2v) is 4.47. The van der Waals surface area contributed by atoms with Crippen molar-refractivity contribution in [3.63, 3.8) is 0 Å². The lowest BCUT2D eigenvalue weighted by atomic mass is 10.0. The van der Waals surface area contributed by atoms with Crippen molar-refractivity contribution in [3.8, 4) is 11.8 Å². The minimum atomic E-state index is -1.22. The van der Waals surface area contributed by atoms with E-state index >= 15 is 0 Å². The van der Waals surface area contributed by atoms with E-state index in [1.165, 1.54) is 0 Å². The average molecular weight is 354 g/mol. The van der Waals surface area contributed by atoms with E-state index in [0.29, 0.717) is 0 Å². The van der Waals surface area contributed by atoms with Crippen molar-refractivity contribution in [2.24, 2.45) is 5.73 Å². The molecule has 0 atom stereocenters. The zero-order valence-corrected chi connectivity index (χ0v) is 11.5. The summed E-state index contributed by atoms with van der Waals surface area (Å²) in [6.45, 7) is -0.720. The summed E-state index contributed by atoms with van der Waals surface area (Å²) in [5, 5.41) is 17.8. The lowest BCUT2D eigenvalue weighted by Gasteiger charge is -2.16. The van der Waals surface area contributed by atoms with Crippen molar-refractivity contribution in [2.45, 2.75) is 5.54 Å². The van der Waals surface area contributed by atoms with Gasteiger partial charge in [0.25, 0.3) is 0 Å². The van der Waals surface area contributed by atoms with Gasteiger partial charge in [0.1, 0.15) is 5.54 Å². The number of hydrogen-bond acceptors (Lipinski definition) is 3. The SMILES string of the molecule is Cl.NC(C#Cc1ccc(I)cc1)(CO)CO. The fourth-order valence-corrected chi connectivity index (χ4v) is 1.22. The fourth-order valence-electron chi connectivity index (χ4n) is 0.859. The van der Waals surface area contributed by atoms with E-state index in [1.807, 2.05) is 24.3 Å². The first-order valence-electron chi connectivity index (χ1n) is 4.39. The van der Waals surface area contributed by atoms with E-state index in [2.05, 4.69) is 34.4 Å². The highest BCUT2D eigenvalue weighted by molar-refractivity contribution is 14.1. The third-order valence-electron chi connectivity index (χ3n) is 1.86. The van der Waals surface area contributed by atoms with Crippen LogP contribution in [0.4, 0.5) is 0 Å². The summed E-state index contributed by atoms with van der Waals surface area (Å²) in [5.41, 5.74) is 5.19. The van der Waals surface area contributed by atoms with Crippen LogP contribution in [0, 0.1) is 15.4 Å². The minimum absolute atomic E-state index is 0. The summed E-state index contributed by atoms with van der Waals surface area (Å²) in [7, 11) is 0. The van der Waals surface area contributed by atoms with Crippen molar-refractivity contribution >= 4 is 35.0 Å². The fraction of sp³-hybridized carbons (Fsp3) is 0.273. The molecule has 0 aromatic heterocycles. The van der Waals surface area contributed by atoms with Gasteiger partial charge in [-0.3, -0.25) is 0 Å². The molecule has 0 radical (unpaired) electrons. The lowest BCUT2D eigenvalue weighted by molar-refractivity contribution is 0.158. The molecule has 0 aliphatic carbocycles. The van der Waals surface area contributed by atoms with Gasteiger partial charge < -0.3 is 15.9 Å². The molecule has 0 amide bonds. The van der Waals surface area contributed by atoms with Gasteiger partial charge in [0, 0.05) is 9.13 Å². The van der Waals surface area contributed by atoms with Crippen molar-refractivity contribution in [2.75, 3.05) is 13.2 Å². The first-order valence-corrected chi connectivity index (χ1v) is 5.47. The maximum absolute atomic E-state index is 8.92. The smallest absolute Gasteiger partial charge is 0.125 e. The van der Waals surface area contributed by atoms with Crippen LogP contribution in [0.2, 0.25) is 0 Å². The summed E-state index contributed by atoms with van der Waals surface area (Å²) >= 11 is 2.20. The van der Waals surface area contributed by atoms with E-state index in [9.17, 15) is 0 Å². The summed E-state index contributed by atoms with van der Waals surface area (Å²) in [4.78, 5) is 0. The normalized spacial score (nSPS) is 10.0. The van der Waals surface area contributed by atoms with Crippen LogP contribution in [0.1, 0.15) is 5.56 Å². The van der Waals surface area contributed by atoms with Crippen LogP contribution in [-0.2, 0) is 0 Å². The Balaban J connectivity index is 0.00000225. The van der Waals surface area contributed by atoms with Gasteiger partial charge in [-0.25, -0.2) is 0 Å². The Morgan fingerprint density at radius 3 is 2.12 bits per heavy atom. The Kier molecular flexibility index (Phi) is 6.95. The summed E-state index contributed by atoms with van der Waals surface area (Å²) < 4.78 is 1.13. The van der Waals surface area contributed by atoms with Crippen molar-refractivity contribution in [1.82, 2.24) is 0 Å². The highest BCUT2D eigenvalue weighted by Crippen LogP contribution is 2.06. The molecule has 16 heavy (non-hydrogen) atoms. The van der Waals surface area contributed by atoms with Gasteiger partial charge in [-0.05, 0) is 46.9 Å². The van der Waals surface area contributed by atoms with Crippen molar-refractivity contribution in [1.29, 1.82) is 0 Å². The molecule has 0 fully saturated rings. The molecule has 0 saturated carbocycles. The molecule has 0 unspecified atom stereocenters. The first kappa shape index (κ1) is 15.7. The number of aliphatic hydroxyl groups is 2. The second-order valence-electron chi connectivity index (χ2n) is 3.23. The number of nitrogens with two attached hydrogens (primary N) is 1. The van der Waals surface area contributed by atoms with Crippen LogP contribution < -0.4 is 5.73 Å². The highest BCUT2D eigenvalue weighted by Gasteiger charge is 2.19. The van der Waals surface area contributed by atoms with E-state index in [4.69, 9.17) is 15.9 Å². The van der Waals surface area contributed by atoms with Crippen LogP contribution >= 0.6 is 35.0 Å². The van der Waals surface area contributed by atoms with Gasteiger partial charge in [0.2, 0.25) is 0 Å².